The van der Waals surface area contributed by atoms with E-state index >= 15 is 0 Å². The number of aliphatic hydroxyl groups excluding tert-OH is 1. The zero-order valence-electron chi connectivity index (χ0n) is 24.9. The lowest BCUT2D eigenvalue weighted by Gasteiger charge is -2.28. The monoisotopic (exact) mass is 606 g/mol. The summed E-state index contributed by atoms with van der Waals surface area (Å²) in [7, 11) is 0. The Kier molecular flexibility index (Phi) is 15.7. The van der Waals surface area contributed by atoms with Crippen LogP contribution >= 0.6 is 0 Å². The molecule has 0 aliphatic rings. The zero-order chi connectivity index (χ0) is 31.2. The lowest BCUT2D eigenvalue weighted by atomic mass is 10.1. The third kappa shape index (κ3) is 14.5. The fraction of sp³-hybridized carbons (Fsp3) is 0.364. The number of rotatable bonds is 18. The minimum absolute atomic E-state index is 0.0269. The molecule has 0 bridgehead atoms. The van der Waals surface area contributed by atoms with Crippen molar-refractivity contribution in [2.24, 2.45) is 0 Å². The highest BCUT2D eigenvalue weighted by atomic mass is 16.6. The molecule has 3 aromatic carbocycles. The highest BCUT2D eigenvalue weighted by Gasteiger charge is 2.18. The van der Waals surface area contributed by atoms with Crippen molar-refractivity contribution in [3.8, 4) is 0 Å². The van der Waals surface area contributed by atoms with Crippen LogP contribution in [-0.4, -0.2) is 73.7 Å². The number of carbonyl (C=O) groups is 3. The molecule has 0 aliphatic heterocycles. The standard InChI is InChI=1S/C33H42N4O7/c38-22-10-17-30(36-33(41)44-26-29-15-8-3-9-16-29)23-37(20-18-34-31(39)42-24-27-11-4-1-5-12-27)21-19-35-32(40)43-25-28-13-6-2-7-14-28/h1-9,11-16,30,38H,10,17-26H2,(H,34,39)(H,35,40)(H,36,41). The average molecular weight is 607 g/mol. The van der Waals surface area contributed by atoms with E-state index in [2.05, 4.69) is 16.0 Å². The molecule has 3 aromatic rings. The quantitative estimate of drug-likeness (QED) is 0.158. The molecule has 0 fully saturated rings. The van der Waals surface area contributed by atoms with E-state index in [0.29, 0.717) is 32.5 Å². The van der Waals surface area contributed by atoms with Crippen LogP contribution in [0.2, 0.25) is 0 Å². The van der Waals surface area contributed by atoms with Gasteiger partial charge in [0.25, 0.3) is 0 Å². The van der Waals surface area contributed by atoms with E-state index in [0.717, 1.165) is 16.7 Å². The van der Waals surface area contributed by atoms with Crippen LogP contribution in [0.1, 0.15) is 29.5 Å². The molecular formula is C33H42N4O7. The topological polar surface area (TPSA) is 138 Å². The second-order valence-corrected chi connectivity index (χ2v) is 10.0. The molecule has 0 aromatic heterocycles. The van der Waals surface area contributed by atoms with E-state index in [1.54, 1.807) is 0 Å². The Morgan fingerprint density at radius 2 is 1.05 bits per heavy atom. The van der Waals surface area contributed by atoms with Crippen LogP contribution in [0.25, 0.3) is 0 Å². The Morgan fingerprint density at radius 3 is 1.45 bits per heavy atom. The maximum Gasteiger partial charge on any atom is 0.407 e. The number of carbonyl (C=O) groups excluding carboxylic acids is 3. The average Bonchev–Trinajstić information content (AvgIpc) is 3.05. The molecule has 1 unspecified atom stereocenters. The number of aliphatic hydroxyl groups is 1. The van der Waals surface area contributed by atoms with Crippen LogP contribution in [0.15, 0.2) is 91.0 Å². The number of amides is 3. The Balaban J connectivity index is 1.51. The largest absolute Gasteiger partial charge is 0.445 e. The minimum Gasteiger partial charge on any atom is -0.445 e. The summed E-state index contributed by atoms with van der Waals surface area (Å²) in [5.41, 5.74) is 2.63. The number of ether oxygens (including phenoxy) is 3. The van der Waals surface area contributed by atoms with Crippen LogP contribution in [0.3, 0.4) is 0 Å². The number of benzene rings is 3. The van der Waals surface area contributed by atoms with Gasteiger partial charge in [-0.25, -0.2) is 14.4 Å². The zero-order valence-corrected chi connectivity index (χ0v) is 24.9. The number of hydrogen-bond donors (Lipinski definition) is 4. The first-order valence-electron chi connectivity index (χ1n) is 14.7. The summed E-state index contributed by atoms with van der Waals surface area (Å²) in [5.74, 6) is 0. The van der Waals surface area contributed by atoms with Crippen LogP contribution in [0.5, 0.6) is 0 Å². The number of nitrogens with zero attached hydrogens (tertiary/aromatic N) is 1. The Morgan fingerprint density at radius 1 is 0.636 bits per heavy atom. The molecule has 11 nitrogen and oxygen atoms in total. The third-order valence-electron chi connectivity index (χ3n) is 6.54. The van der Waals surface area contributed by atoms with Gasteiger partial charge in [-0.15, -0.1) is 0 Å². The van der Waals surface area contributed by atoms with E-state index in [1.165, 1.54) is 0 Å². The molecule has 0 saturated heterocycles. The summed E-state index contributed by atoms with van der Waals surface area (Å²) in [5, 5.41) is 17.8. The van der Waals surface area contributed by atoms with E-state index < -0.39 is 18.3 Å². The first-order valence-corrected chi connectivity index (χ1v) is 14.7. The van der Waals surface area contributed by atoms with Crippen molar-refractivity contribution < 1.29 is 33.7 Å². The Hall–Kier alpha value is -4.61. The molecule has 3 rings (SSSR count). The van der Waals surface area contributed by atoms with Crippen molar-refractivity contribution in [3.05, 3.63) is 108 Å². The van der Waals surface area contributed by atoms with Crippen LogP contribution < -0.4 is 16.0 Å². The fourth-order valence-electron chi connectivity index (χ4n) is 4.26. The summed E-state index contributed by atoms with van der Waals surface area (Å²) in [6.45, 7) is 2.19. The minimum atomic E-state index is -0.568. The van der Waals surface area contributed by atoms with Gasteiger partial charge in [-0.05, 0) is 29.5 Å². The van der Waals surface area contributed by atoms with Gasteiger partial charge in [0.15, 0.2) is 0 Å². The van der Waals surface area contributed by atoms with Crippen molar-refractivity contribution in [1.82, 2.24) is 20.9 Å². The van der Waals surface area contributed by atoms with Crippen molar-refractivity contribution in [1.29, 1.82) is 0 Å². The smallest absolute Gasteiger partial charge is 0.407 e. The highest BCUT2D eigenvalue weighted by molar-refractivity contribution is 5.68. The van der Waals surface area contributed by atoms with Crippen molar-refractivity contribution in [2.75, 3.05) is 39.3 Å². The maximum atomic E-state index is 12.6. The first kappa shape index (κ1) is 33.9. The summed E-state index contributed by atoms with van der Waals surface area (Å²) >= 11 is 0. The van der Waals surface area contributed by atoms with Gasteiger partial charge in [-0.2, -0.15) is 0 Å². The van der Waals surface area contributed by atoms with Crippen molar-refractivity contribution >= 4 is 18.3 Å². The van der Waals surface area contributed by atoms with E-state index in [1.807, 2.05) is 95.9 Å². The molecule has 4 N–H and O–H groups in total. The summed E-state index contributed by atoms with van der Waals surface area (Å²) in [6.07, 6.45) is -0.674. The highest BCUT2D eigenvalue weighted by Crippen LogP contribution is 2.05. The molecule has 0 heterocycles. The third-order valence-corrected chi connectivity index (χ3v) is 6.54. The SMILES string of the molecule is O=C(NCCN(CCNC(=O)OCc1ccccc1)CC(CCCO)NC(=O)OCc1ccccc1)OCc1ccccc1. The van der Waals surface area contributed by atoms with Gasteiger partial charge in [-0.1, -0.05) is 91.0 Å². The van der Waals surface area contributed by atoms with Gasteiger partial charge in [0, 0.05) is 45.4 Å². The second kappa shape index (κ2) is 20.3. The molecule has 3 amide bonds. The number of alkyl carbamates (subject to hydrolysis) is 3. The van der Waals surface area contributed by atoms with Crippen LogP contribution in [0, 0.1) is 0 Å². The Labute approximate surface area is 258 Å². The van der Waals surface area contributed by atoms with Gasteiger partial charge in [-0.3, -0.25) is 4.90 Å². The summed E-state index contributed by atoms with van der Waals surface area (Å²) in [4.78, 5) is 39.1. The lowest BCUT2D eigenvalue weighted by Crippen LogP contribution is -2.48. The molecule has 0 radical (unpaired) electrons. The molecule has 1 atom stereocenters. The van der Waals surface area contributed by atoms with Crippen LogP contribution in [0.4, 0.5) is 14.4 Å². The van der Waals surface area contributed by atoms with Crippen molar-refractivity contribution in [3.63, 3.8) is 0 Å². The molecule has 44 heavy (non-hydrogen) atoms. The summed E-state index contributed by atoms with van der Waals surface area (Å²) < 4.78 is 16.0. The lowest BCUT2D eigenvalue weighted by molar-refractivity contribution is 0.127. The maximum absolute atomic E-state index is 12.6. The van der Waals surface area contributed by atoms with Gasteiger partial charge < -0.3 is 35.3 Å². The molecule has 0 spiro atoms. The first-order chi connectivity index (χ1) is 21.5. The van der Waals surface area contributed by atoms with Gasteiger partial charge in [0.2, 0.25) is 0 Å². The van der Waals surface area contributed by atoms with Gasteiger partial charge in [0.05, 0.1) is 0 Å². The molecule has 11 heteroatoms. The number of hydrogen-bond acceptors (Lipinski definition) is 8. The molecular weight excluding hydrogens is 564 g/mol. The molecule has 236 valence electrons. The second-order valence-electron chi connectivity index (χ2n) is 10.0. The summed E-state index contributed by atoms with van der Waals surface area (Å²) in [6, 6.07) is 27.8. The fourth-order valence-corrected chi connectivity index (χ4v) is 4.26. The molecule has 0 saturated carbocycles. The van der Waals surface area contributed by atoms with Gasteiger partial charge >= 0.3 is 18.3 Å². The van der Waals surface area contributed by atoms with E-state index in [-0.39, 0.29) is 45.6 Å². The van der Waals surface area contributed by atoms with E-state index in [9.17, 15) is 19.5 Å². The molecule has 0 aliphatic carbocycles. The normalized spacial score (nSPS) is 11.3. The van der Waals surface area contributed by atoms with E-state index in [4.69, 9.17) is 14.2 Å². The Bertz CT molecular complexity index is 1170. The predicted octanol–water partition coefficient (Wildman–Crippen LogP) is 4.21. The van der Waals surface area contributed by atoms with Crippen molar-refractivity contribution in [2.45, 2.75) is 38.7 Å². The number of nitrogens with one attached hydrogen (secondary N) is 3. The van der Waals surface area contributed by atoms with Gasteiger partial charge in [0.1, 0.15) is 19.8 Å². The predicted molar refractivity (Wildman–Crippen MR) is 166 cm³/mol. The van der Waals surface area contributed by atoms with Crippen LogP contribution in [-0.2, 0) is 34.0 Å².